The lowest BCUT2D eigenvalue weighted by Gasteiger charge is -2.22. The molecule has 8 heteroatoms. The quantitative estimate of drug-likeness (QED) is 0.173. The summed E-state index contributed by atoms with van der Waals surface area (Å²) in [5.41, 5.74) is 2.02. The van der Waals surface area contributed by atoms with Gasteiger partial charge in [-0.15, -0.1) is 0 Å². The first-order valence-electron chi connectivity index (χ1n) is 12.3. The molecule has 0 amide bonds. The van der Waals surface area contributed by atoms with Crippen molar-refractivity contribution in [1.82, 2.24) is 9.66 Å². The first-order valence-corrected chi connectivity index (χ1v) is 13.4. The highest BCUT2D eigenvalue weighted by Crippen LogP contribution is 2.35. The van der Waals surface area contributed by atoms with Crippen molar-refractivity contribution in [2.75, 3.05) is 7.11 Å². The van der Waals surface area contributed by atoms with Crippen molar-refractivity contribution in [3.05, 3.63) is 97.4 Å². The Morgan fingerprint density at radius 2 is 1.92 bits per heavy atom. The SMILES string of the molecule is COc1cc(C=Nn2c(C3CCCCC3)nc3ccccc3c2=O)cc(I)c1OCc1cccc(F)c1. The van der Waals surface area contributed by atoms with Crippen molar-refractivity contribution >= 4 is 39.7 Å². The van der Waals surface area contributed by atoms with Crippen molar-refractivity contribution in [2.45, 2.75) is 44.6 Å². The highest BCUT2D eigenvalue weighted by molar-refractivity contribution is 14.1. The molecule has 5 rings (SSSR count). The molecule has 190 valence electrons. The predicted octanol–water partition coefficient (Wildman–Crippen LogP) is 6.66. The van der Waals surface area contributed by atoms with E-state index in [-0.39, 0.29) is 23.9 Å². The Morgan fingerprint density at radius 1 is 1.11 bits per heavy atom. The lowest BCUT2D eigenvalue weighted by molar-refractivity contribution is 0.282. The van der Waals surface area contributed by atoms with Crippen LogP contribution >= 0.6 is 22.6 Å². The Bertz CT molecular complexity index is 1510. The minimum Gasteiger partial charge on any atom is -0.493 e. The summed E-state index contributed by atoms with van der Waals surface area (Å²) in [4.78, 5) is 18.3. The fourth-order valence-electron chi connectivity index (χ4n) is 4.74. The molecule has 0 unspecified atom stereocenters. The average molecular weight is 611 g/mol. The number of methoxy groups -OCH3 is 1. The van der Waals surface area contributed by atoms with Crippen molar-refractivity contribution in [2.24, 2.45) is 5.10 Å². The highest BCUT2D eigenvalue weighted by Gasteiger charge is 2.22. The molecule has 3 aromatic carbocycles. The molecule has 0 spiro atoms. The normalized spacial score (nSPS) is 14.4. The molecule has 0 bridgehead atoms. The van der Waals surface area contributed by atoms with Gasteiger partial charge in [0.15, 0.2) is 11.5 Å². The summed E-state index contributed by atoms with van der Waals surface area (Å²) in [5, 5.41) is 5.17. The van der Waals surface area contributed by atoms with Crippen molar-refractivity contribution < 1.29 is 13.9 Å². The van der Waals surface area contributed by atoms with E-state index in [1.165, 1.54) is 23.2 Å². The second-order valence-electron chi connectivity index (χ2n) is 9.14. The lowest BCUT2D eigenvalue weighted by Crippen LogP contribution is -2.25. The zero-order valence-corrected chi connectivity index (χ0v) is 22.7. The van der Waals surface area contributed by atoms with Gasteiger partial charge >= 0.3 is 0 Å². The third kappa shape index (κ3) is 5.69. The summed E-state index contributed by atoms with van der Waals surface area (Å²) in [5.74, 6) is 1.71. The molecule has 37 heavy (non-hydrogen) atoms. The molecule has 1 heterocycles. The van der Waals surface area contributed by atoms with E-state index in [4.69, 9.17) is 14.5 Å². The predicted molar refractivity (Wildman–Crippen MR) is 151 cm³/mol. The van der Waals surface area contributed by atoms with E-state index in [0.29, 0.717) is 22.4 Å². The first kappa shape index (κ1) is 25.4. The number of aromatic nitrogens is 2. The molecular formula is C29H27FIN3O3. The average Bonchev–Trinajstić information content (AvgIpc) is 2.92. The molecule has 0 N–H and O–H groups in total. The van der Waals surface area contributed by atoms with Gasteiger partial charge in [-0.3, -0.25) is 4.79 Å². The van der Waals surface area contributed by atoms with E-state index in [9.17, 15) is 9.18 Å². The molecule has 0 atom stereocenters. The molecule has 0 aliphatic heterocycles. The largest absolute Gasteiger partial charge is 0.493 e. The maximum absolute atomic E-state index is 13.5. The van der Waals surface area contributed by atoms with E-state index in [1.54, 1.807) is 25.5 Å². The molecule has 1 saturated carbocycles. The van der Waals surface area contributed by atoms with Crippen LogP contribution in [0.3, 0.4) is 0 Å². The smallest absolute Gasteiger partial charge is 0.282 e. The summed E-state index contributed by atoms with van der Waals surface area (Å²) in [7, 11) is 1.57. The van der Waals surface area contributed by atoms with Gasteiger partial charge in [-0.05, 0) is 83.0 Å². The zero-order valence-electron chi connectivity index (χ0n) is 20.5. The van der Waals surface area contributed by atoms with Gasteiger partial charge in [-0.1, -0.05) is 43.5 Å². The van der Waals surface area contributed by atoms with Crippen LogP contribution in [0.4, 0.5) is 4.39 Å². The molecule has 1 fully saturated rings. The molecule has 0 saturated heterocycles. The van der Waals surface area contributed by atoms with Crippen LogP contribution in [0.1, 0.15) is 55.0 Å². The summed E-state index contributed by atoms with van der Waals surface area (Å²) in [6.07, 6.45) is 7.13. The van der Waals surface area contributed by atoms with Gasteiger partial charge in [0.2, 0.25) is 0 Å². The molecule has 6 nitrogen and oxygen atoms in total. The van der Waals surface area contributed by atoms with E-state index >= 15 is 0 Å². The number of para-hydroxylation sites is 1. The van der Waals surface area contributed by atoms with Crippen LogP contribution < -0.4 is 15.0 Å². The van der Waals surface area contributed by atoms with Gasteiger partial charge in [0.1, 0.15) is 18.2 Å². The van der Waals surface area contributed by atoms with Crippen LogP contribution in [0.5, 0.6) is 11.5 Å². The number of fused-ring (bicyclic) bond motifs is 1. The Hall–Kier alpha value is -3.27. The number of hydrogen-bond acceptors (Lipinski definition) is 5. The van der Waals surface area contributed by atoms with E-state index in [0.717, 1.165) is 46.2 Å². The fraction of sp³-hybridized carbons (Fsp3) is 0.276. The van der Waals surface area contributed by atoms with Crippen LogP contribution in [0.25, 0.3) is 10.9 Å². The van der Waals surface area contributed by atoms with Crippen LogP contribution in [0.15, 0.2) is 70.6 Å². The highest BCUT2D eigenvalue weighted by atomic mass is 127. The lowest BCUT2D eigenvalue weighted by atomic mass is 9.88. The maximum atomic E-state index is 13.5. The Morgan fingerprint density at radius 3 is 2.70 bits per heavy atom. The number of ether oxygens (including phenoxy) is 2. The van der Waals surface area contributed by atoms with E-state index in [1.807, 2.05) is 36.4 Å². The second-order valence-corrected chi connectivity index (χ2v) is 10.3. The van der Waals surface area contributed by atoms with E-state index in [2.05, 4.69) is 27.7 Å². The minimum absolute atomic E-state index is 0.167. The molecule has 4 aromatic rings. The summed E-state index contributed by atoms with van der Waals surface area (Å²) < 4.78 is 27.4. The number of hydrogen-bond donors (Lipinski definition) is 0. The Balaban J connectivity index is 1.48. The van der Waals surface area contributed by atoms with Gasteiger partial charge in [-0.25, -0.2) is 9.37 Å². The van der Waals surface area contributed by atoms with E-state index < -0.39 is 0 Å². The maximum Gasteiger partial charge on any atom is 0.282 e. The monoisotopic (exact) mass is 611 g/mol. The Labute approximate surface area is 228 Å². The van der Waals surface area contributed by atoms with Gasteiger partial charge in [0.05, 0.1) is 27.8 Å². The third-order valence-corrected chi connectivity index (χ3v) is 7.40. The van der Waals surface area contributed by atoms with Crippen molar-refractivity contribution in [3.8, 4) is 11.5 Å². The van der Waals surface area contributed by atoms with Crippen LogP contribution in [0, 0.1) is 9.39 Å². The second kappa shape index (κ2) is 11.4. The molecule has 1 aliphatic rings. The number of nitrogens with zero attached hydrogens (tertiary/aromatic N) is 3. The third-order valence-electron chi connectivity index (χ3n) is 6.60. The van der Waals surface area contributed by atoms with Gasteiger partial charge in [0, 0.05) is 5.92 Å². The van der Waals surface area contributed by atoms with Gasteiger partial charge in [0.25, 0.3) is 5.56 Å². The Kier molecular flexibility index (Phi) is 7.83. The minimum atomic E-state index is -0.305. The zero-order chi connectivity index (χ0) is 25.8. The van der Waals surface area contributed by atoms with Crippen molar-refractivity contribution in [1.29, 1.82) is 0 Å². The number of benzene rings is 3. The standard InChI is InChI=1S/C29H27FIN3O3/c1-36-26-16-20(15-24(31)27(26)37-18-19-8-7-11-22(30)14-19)17-32-34-28(21-9-3-2-4-10-21)33-25-13-6-5-12-23(25)29(34)35/h5-8,11-17,21H,2-4,9-10,18H2,1H3. The topological polar surface area (TPSA) is 65.7 Å². The summed E-state index contributed by atoms with van der Waals surface area (Å²) in [6, 6.07) is 17.4. The summed E-state index contributed by atoms with van der Waals surface area (Å²) in [6.45, 7) is 0.209. The van der Waals surface area contributed by atoms with Gasteiger partial charge < -0.3 is 9.47 Å². The summed E-state index contributed by atoms with van der Waals surface area (Å²) >= 11 is 2.18. The first-order chi connectivity index (χ1) is 18.0. The molecular weight excluding hydrogens is 584 g/mol. The van der Waals surface area contributed by atoms with Crippen molar-refractivity contribution in [3.63, 3.8) is 0 Å². The van der Waals surface area contributed by atoms with Crippen LogP contribution in [-0.2, 0) is 6.61 Å². The number of rotatable bonds is 7. The number of halogens is 2. The molecule has 1 aliphatic carbocycles. The van der Waals surface area contributed by atoms with Gasteiger partial charge in [-0.2, -0.15) is 9.78 Å². The van der Waals surface area contributed by atoms with Crippen LogP contribution in [0.2, 0.25) is 0 Å². The molecule has 0 radical (unpaired) electrons. The van der Waals surface area contributed by atoms with Crippen LogP contribution in [-0.4, -0.2) is 23.0 Å². The fourth-order valence-corrected chi connectivity index (χ4v) is 5.52. The molecule has 1 aromatic heterocycles.